The third-order valence-corrected chi connectivity index (χ3v) is 5.14. The van der Waals surface area contributed by atoms with Gasteiger partial charge in [0, 0.05) is 28.3 Å². The molecule has 0 unspecified atom stereocenters. The predicted molar refractivity (Wildman–Crippen MR) is 115 cm³/mol. The molecule has 1 aliphatic heterocycles. The Morgan fingerprint density at radius 3 is 2.63 bits per heavy atom. The van der Waals surface area contributed by atoms with Crippen molar-refractivity contribution in [2.24, 2.45) is 0 Å². The third kappa shape index (κ3) is 3.30. The summed E-state index contributed by atoms with van der Waals surface area (Å²) in [5.41, 5.74) is 2.73. The molecule has 0 saturated carbocycles. The van der Waals surface area contributed by atoms with Gasteiger partial charge >= 0.3 is 0 Å². The minimum Gasteiger partial charge on any atom is -0.482 e. The number of nitrogens with one attached hydrogen (secondary N) is 1. The summed E-state index contributed by atoms with van der Waals surface area (Å²) in [5.74, 6) is 1.64. The topological polar surface area (TPSA) is 84.6 Å². The van der Waals surface area contributed by atoms with E-state index >= 15 is 0 Å². The average molecular weight is 441 g/mol. The van der Waals surface area contributed by atoms with Gasteiger partial charge in [-0.1, -0.05) is 23.2 Å². The molecule has 1 amide bonds. The highest BCUT2D eigenvalue weighted by atomic mass is 35.5. The first-order valence-corrected chi connectivity index (χ1v) is 9.73. The van der Waals surface area contributed by atoms with Crippen LogP contribution in [0.25, 0.3) is 17.0 Å². The predicted octanol–water partition coefficient (Wildman–Crippen LogP) is 4.20. The number of aromatic nitrogens is 4. The smallest absolute Gasteiger partial charge is 0.264 e. The number of rotatable bonds is 3. The molecule has 5 rings (SSSR count). The highest BCUT2D eigenvalue weighted by molar-refractivity contribution is 6.35. The van der Waals surface area contributed by atoms with Crippen LogP contribution in [0, 0.1) is 0 Å². The Hall–Kier alpha value is -3.36. The van der Waals surface area contributed by atoms with Gasteiger partial charge in [0.25, 0.3) is 5.91 Å². The molecule has 0 spiro atoms. The zero-order valence-electron chi connectivity index (χ0n) is 15.6. The molecular formula is C20H14Cl2N6O2. The van der Waals surface area contributed by atoms with Crippen molar-refractivity contribution in [3.63, 3.8) is 0 Å². The molecule has 1 N–H and O–H groups in total. The lowest BCUT2D eigenvalue weighted by atomic mass is 10.2. The lowest BCUT2D eigenvalue weighted by Gasteiger charge is -2.26. The zero-order chi connectivity index (χ0) is 20.8. The van der Waals surface area contributed by atoms with Gasteiger partial charge in [0.2, 0.25) is 0 Å². The lowest BCUT2D eigenvalue weighted by Crippen LogP contribution is -2.35. The molecule has 0 fully saturated rings. The maximum Gasteiger partial charge on any atom is 0.264 e. The van der Waals surface area contributed by atoms with Gasteiger partial charge in [-0.15, -0.1) is 15.3 Å². The van der Waals surface area contributed by atoms with Crippen LogP contribution >= 0.6 is 23.2 Å². The Morgan fingerprint density at radius 1 is 1.03 bits per heavy atom. The molecule has 2 aromatic carbocycles. The fraction of sp³-hybridized carbons (Fsp3) is 0.100. The number of halogens is 2. The van der Waals surface area contributed by atoms with Crippen molar-refractivity contribution >= 4 is 51.9 Å². The van der Waals surface area contributed by atoms with Crippen molar-refractivity contribution < 1.29 is 9.53 Å². The monoisotopic (exact) mass is 440 g/mol. The SMILES string of the molecule is CN1C(=O)COc2ccc(Nc3ccc4nnc(-c5cc(Cl)cc(Cl)c5)n4n3)cc21. The van der Waals surface area contributed by atoms with Crippen molar-refractivity contribution in [3.8, 4) is 17.1 Å². The first-order chi connectivity index (χ1) is 14.5. The normalized spacial score (nSPS) is 13.3. The first-order valence-electron chi connectivity index (χ1n) is 8.97. The highest BCUT2D eigenvalue weighted by Gasteiger charge is 2.22. The second kappa shape index (κ2) is 7.16. The summed E-state index contributed by atoms with van der Waals surface area (Å²) in [7, 11) is 1.72. The maximum absolute atomic E-state index is 11.9. The lowest BCUT2D eigenvalue weighted by molar-refractivity contribution is -0.120. The van der Waals surface area contributed by atoms with Crippen molar-refractivity contribution in [3.05, 3.63) is 58.6 Å². The number of benzene rings is 2. The number of carbonyl (C=O) groups is 1. The molecule has 0 atom stereocenters. The minimum absolute atomic E-state index is 0.0401. The average Bonchev–Trinajstić information content (AvgIpc) is 3.14. The van der Waals surface area contributed by atoms with Crippen LogP contribution in [0.5, 0.6) is 5.75 Å². The Bertz CT molecular complexity index is 1290. The number of anilines is 3. The van der Waals surface area contributed by atoms with E-state index in [4.69, 9.17) is 27.9 Å². The number of hydrogen-bond donors (Lipinski definition) is 1. The molecule has 0 aliphatic carbocycles. The van der Waals surface area contributed by atoms with Gasteiger partial charge in [0.05, 0.1) is 5.69 Å². The van der Waals surface area contributed by atoms with Crippen molar-refractivity contribution in [2.45, 2.75) is 0 Å². The van der Waals surface area contributed by atoms with E-state index in [0.717, 1.165) is 5.69 Å². The standard InChI is InChI=1S/C20H14Cl2N6O2/c1-27-15-9-14(2-3-16(15)30-10-19(27)29)23-17-4-5-18-24-25-20(28(18)26-17)11-6-12(21)8-13(22)7-11/h2-9H,10H2,1H3,(H,23,26). The summed E-state index contributed by atoms with van der Waals surface area (Å²) in [6, 6.07) is 14.3. The van der Waals surface area contributed by atoms with Crippen LogP contribution in [0.3, 0.4) is 0 Å². The molecule has 30 heavy (non-hydrogen) atoms. The number of hydrogen-bond acceptors (Lipinski definition) is 6. The van der Waals surface area contributed by atoms with Gasteiger partial charge in [-0.05, 0) is 48.5 Å². The maximum atomic E-state index is 11.9. The molecule has 2 aromatic heterocycles. The van der Waals surface area contributed by atoms with Crippen LogP contribution in [0.15, 0.2) is 48.5 Å². The van der Waals surface area contributed by atoms with E-state index in [0.29, 0.717) is 44.3 Å². The Balaban J connectivity index is 1.51. The van der Waals surface area contributed by atoms with Gasteiger partial charge in [-0.25, -0.2) is 0 Å². The molecule has 0 saturated heterocycles. The van der Waals surface area contributed by atoms with Crippen LogP contribution in [-0.4, -0.2) is 39.4 Å². The van der Waals surface area contributed by atoms with Crippen LogP contribution < -0.4 is 15.0 Å². The van der Waals surface area contributed by atoms with Gasteiger partial charge in [-0.3, -0.25) is 4.79 Å². The summed E-state index contributed by atoms with van der Waals surface area (Å²) in [6.07, 6.45) is 0. The van der Waals surface area contributed by atoms with E-state index in [-0.39, 0.29) is 12.5 Å². The molecule has 8 nitrogen and oxygen atoms in total. The van der Waals surface area contributed by atoms with Gasteiger partial charge in [0.1, 0.15) is 5.75 Å². The minimum atomic E-state index is -0.103. The van der Waals surface area contributed by atoms with Crippen LogP contribution in [0.2, 0.25) is 10.0 Å². The molecular weight excluding hydrogens is 427 g/mol. The van der Waals surface area contributed by atoms with Crippen molar-refractivity contribution in [1.82, 2.24) is 19.8 Å². The fourth-order valence-corrected chi connectivity index (χ4v) is 3.74. The van der Waals surface area contributed by atoms with Crippen LogP contribution in [0.4, 0.5) is 17.2 Å². The Morgan fingerprint density at radius 2 is 1.83 bits per heavy atom. The highest BCUT2D eigenvalue weighted by Crippen LogP contribution is 2.34. The quantitative estimate of drug-likeness (QED) is 0.513. The van der Waals surface area contributed by atoms with Crippen molar-refractivity contribution in [1.29, 1.82) is 0 Å². The van der Waals surface area contributed by atoms with Crippen molar-refractivity contribution in [2.75, 3.05) is 23.9 Å². The number of carbonyl (C=O) groups excluding carboxylic acids is 1. The number of amides is 1. The Labute approximate surface area is 181 Å². The van der Waals surface area contributed by atoms with E-state index in [1.54, 1.807) is 46.8 Å². The summed E-state index contributed by atoms with van der Waals surface area (Å²) in [4.78, 5) is 13.5. The molecule has 4 aromatic rings. The molecule has 3 heterocycles. The Kier molecular flexibility index (Phi) is 4.45. The summed E-state index contributed by atoms with van der Waals surface area (Å²) in [6.45, 7) is 0.0401. The van der Waals surface area contributed by atoms with Crippen LogP contribution in [0.1, 0.15) is 0 Å². The number of likely N-dealkylation sites (N-methyl/N-ethyl adjacent to an activating group) is 1. The molecule has 10 heteroatoms. The molecule has 0 bridgehead atoms. The van der Waals surface area contributed by atoms with Gasteiger partial charge < -0.3 is 15.0 Å². The van der Waals surface area contributed by atoms with E-state index in [1.165, 1.54) is 0 Å². The van der Waals surface area contributed by atoms with Crippen LogP contribution in [-0.2, 0) is 4.79 Å². The summed E-state index contributed by atoms with van der Waals surface area (Å²) < 4.78 is 7.08. The summed E-state index contributed by atoms with van der Waals surface area (Å²) >= 11 is 12.2. The second-order valence-corrected chi connectivity index (χ2v) is 7.59. The van der Waals surface area contributed by atoms with E-state index in [1.807, 2.05) is 18.2 Å². The van der Waals surface area contributed by atoms with E-state index in [9.17, 15) is 4.79 Å². The van der Waals surface area contributed by atoms with E-state index < -0.39 is 0 Å². The molecule has 0 radical (unpaired) electrons. The number of nitrogens with zero attached hydrogens (tertiary/aromatic N) is 5. The third-order valence-electron chi connectivity index (χ3n) is 4.70. The largest absolute Gasteiger partial charge is 0.482 e. The molecule has 1 aliphatic rings. The number of fused-ring (bicyclic) bond motifs is 2. The van der Waals surface area contributed by atoms with E-state index in [2.05, 4.69) is 20.6 Å². The van der Waals surface area contributed by atoms with Gasteiger partial charge in [0.15, 0.2) is 23.9 Å². The zero-order valence-corrected chi connectivity index (χ0v) is 17.1. The second-order valence-electron chi connectivity index (χ2n) is 6.72. The molecule has 150 valence electrons. The van der Waals surface area contributed by atoms with Gasteiger partial charge in [-0.2, -0.15) is 4.52 Å². The fourth-order valence-electron chi connectivity index (χ4n) is 3.22. The first kappa shape index (κ1) is 18.7. The summed E-state index contributed by atoms with van der Waals surface area (Å²) in [5, 5.41) is 17.2. The number of ether oxygens (including phenoxy) is 1.